The molecule has 0 atom stereocenters. The van der Waals surface area contributed by atoms with Gasteiger partial charge in [0.05, 0.1) is 0 Å². The van der Waals surface area contributed by atoms with E-state index in [1.807, 2.05) is 12.3 Å². The van der Waals surface area contributed by atoms with Crippen LogP contribution in [0.4, 0.5) is 5.82 Å². The first-order valence-corrected chi connectivity index (χ1v) is 8.41. The minimum absolute atomic E-state index is 0.646. The Hall–Kier alpha value is -1.24. The Bertz CT molecular complexity index is 559. The van der Waals surface area contributed by atoms with Crippen LogP contribution in [0.25, 0.3) is 0 Å². The van der Waals surface area contributed by atoms with Gasteiger partial charge in [0.15, 0.2) is 5.16 Å². The number of rotatable bonds is 5. The van der Waals surface area contributed by atoms with E-state index < -0.39 is 0 Å². The number of anilines is 1. The van der Waals surface area contributed by atoms with Crippen LogP contribution in [0, 0.1) is 13.8 Å². The van der Waals surface area contributed by atoms with Gasteiger partial charge in [-0.1, -0.05) is 41.1 Å². The molecule has 0 unspecified atom stereocenters. The molecule has 6 heteroatoms. The zero-order valence-electron chi connectivity index (χ0n) is 11.8. The summed E-state index contributed by atoms with van der Waals surface area (Å²) < 4.78 is 0. The molecule has 106 valence electrons. The van der Waals surface area contributed by atoms with Gasteiger partial charge in [-0.15, -0.1) is 11.8 Å². The van der Waals surface area contributed by atoms with E-state index in [0.717, 1.165) is 15.9 Å². The van der Waals surface area contributed by atoms with Crippen molar-refractivity contribution in [1.82, 2.24) is 9.97 Å². The molecular formula is C14H18N4S2. The maximum absolute atomic E-state index is 5.43. The summed E-state index contributed by atoms with van der Waals surface area (Å²) in [6, 6.07) is 8.46. The van der Waals surface area contributed by atoms with Gasteiger partial charge in [-0.3, -0.25) is 0 Å². The summed E-state index contributed by atoms with van der Waals surface area (Å²) in [5.74, 6) is 6.96. The molecule has 2 aromatic rings. The first-order valence-electron chi connectivity index (χ1n) is 6.20. The minimum atomic E-state index is 0.646. The van der Waals surface area contributed by atoms with Crippen molar-refractivity contribution >= 4 is 29.3 Å². The number of nitrogen functional groups attached to an aromatic ring is 1. The molecule has 0 amide bonds. The third-order valence-corrected chi connectivity index (χ3v) is 4.21. The van der Waals surface area contributed by atoms with E-state index in [-0.39, 0.29) is 0 Å². The molecule has 0 fully saturated rings. The molecule has 2 rings (SSSR count). The fourth-order valence-electron chi connectivity index (χ4n) is 1.95. The van der Waals surface area contributed by atoms with Crippen molar-refractivity contribution in [2.24, 2.45) is 5.84 Å². The van der Waals surface area contributed by atoms with Crippen molar-refractivity contribution in [2.45, 2.75) is 29.8 Å². The molecule has 0 spiro atoms. The van der Waals surface area contributed by atoms with Crippen molar-refractivity contribution < 1.29 is 0 Å². The van der Waals surface area contributed by atoms with Gasteiger partial charge >= 0.3 is 0 Å². The minimum Gasteiger partial charge on any atom is -0.308 e. The van der Waals surface area contributed by atoms with E-state index in [2.05, 4.69) is 47.4 Å². The average molecular weight is 306 g/mol. The standard InChI is InChI=1S/C14H18N4S2/c1-9-4-10(2)6-11(5-9)8-20-13-7-12(18-15)16-14(17-13)19-3/h4-7H,8,15H2,1-3H3,(H,16,17,18). The summed E-state index contributed by atoms with van der Waals surface area (Å²) in [6.45, 7) is 4.24. The van der Waals surface area contributed by atoms with Crippen LogP contribution >= 0.6 is 23.5 Å². The summed E-state index contributed by atoms with van der Waals surface area (Å²) in [7, 11) is 0. The van der Waals surface area contributed by atoms with Crippen LogP contribution < -0.4 is 11.3 Å². The maximum atomic E-state index is 5.43. The van der Waals surface area contributed by atoms with E-state index in [4.69, 9.17) is 5.84 Å². The van der Waals surface area contributed by atoms with E-state index in [1.54, 1.807) is 11.8 Å². The van der Waals surface area contributed by atoms with E-state index in [0.29, 0.717) is 5.82 Å². The molecule has 0 aliphatic heterocycles. The number of nitrogens with two attached hydrogens (primary N) is 1. The number of nitrogens with one attached hydrogen (secondary N) is 1. The molecule has 3 N–H and O–H groups in total. The van der Waals surface area contributed by atoms with Crippen LogP contribution in [0.3, 0.4) is 0 Å². The lowest BCUT2D eigenvalue weighted by molar-refractivity contribution is 0.893. The first-order chi connectivity index (χ1) is 9.60. The number of thioether (sulfide) groups is 2. The zero-order valence-corrected chi connectivity index (χ0v) is 13.4. The van der Waals surface area contributed by atoms with Crippen molar-refractivity contribution in [1.29, 1.82) is 0 Å². The fourth-order valence-corrected chi connectivity index (χ4v) is 3.22. The quantitative estimate of drug-likeness (QED) is 0.290. The molecule has 0 saturated carbocycles. The Labute approximate surface area is 127 Å². The first kappa shape index (κ1) is 15.2. The second kappa shape index (κ2) is 6.97. The van der Waals surface area contributed by atoms with Gasteiger partial charge < -0.3 is 5.43 Å². The van der Waals surface area contributed by atoms with Gasteiger partial charge in [-0.2, -0.15) is 0 Å². The summed E-state index contributed by atoms with van der Waals surface area (Å²) >= 11 is 3.20. The van der Waals surface area contributed by atoms with E-state index in [1.165, 1.54) is 28.5 Å². The Kier molecular flexibility index (Phi) is 5.28. The maximum Gasteiger partial charge on any atom is 0.190 e. The van der Waals surface area contributed by atoms with Crippen LogP contribution in [-0.2, 0) is 5.75 Å². The highest BCUT2D eigenvalue weighted by Gasteiger charge is 2.05. The Balaban J connectivity index is 2.13. The Morgan fingerprint density at radius 1 is 1.10 bits per heavy atom. The highest BCUT2D eigenvalue weighted by atomic mass is 32.2. The Morgan fingerprint density at radius 2 is 1.80 bits per heavy atom. The van der Waals surface area contributed by atoms with Crippen LogP contribution in [0.5, 0.6) is 0 Å². The molecular weight excluding hydrogens is 288 g/mol. The van der Waals surface area contributed by atoms with Crippen LogP contribution in [0.2, 0.25) is 0 Å². The molecule has 1 heterocycles. The molecule has 0 aliphatic rings. The fraction of sp³-hybridized carbons (Fsp3) is 0.286. The van der Waals surface area contributed by atoms with Crippen LogP contribution in [0.15, 0.2) is 34.4 Å². The summed E-state index contributed by atoms with van der Waals surface area (Å²) in [5, 5.41) is 1.65. The average Bonchev–Trinajstić information content (AvgIpc) is 2.43. The molecule has 20 heavy (non-hydrogen) atoms. The van der Waals surface area contributed by atoms with Gasteiger partial charge in [0, 0.05) is 11.8 Å². The van der Waals surface area contributed by atoms with Gasteiger partial charge in [0.1, 0.15) is 10.8 Å². The van der Waals surface area contributed by atoms with Gasteiger partial charge in [-0.25, -0.2) is 15.8 Å². The van der Waals surface area contributed by atoms with Crippen molar-refractivity contribution in [3.8, 4) is 0 Å². The van der Waals surface area contributed by atoms with Crippen molar-refractivity contribution in [3.63, 3.8) is 0 Å². The molecule has 0 saturated heterocycles. The van der Waals surface area contributed by atoms with Crippen LogP contribution in [0.1, 0.15) is 16.7 Å². The lowest BCUT2D eigenvalue weighted by Crippen LogP contribution is -2.09. The lowest BCUT2D eigenvalue weighted by Gasteiger charge is -2.07. The smallest absolute Gasteiger partial charge is 0.190 e. The monoisotopic (exact) mass is 306 g/mol. The number of hydrogen-bond acceptors (Lipinski definition) is 6. The number of hydrogen-bond donors (Lipinski definition) is 2. The van der Waals surface area contributed by atoms with Crippen LogP contribution in [-0.4, -0.2) is 16.2 Å². The van der Waals surface area contributed by atoms with E-state index in [9.17, 15) is 0 Å². The van der Waals surface area contributed by atoms with Gasteiger partial charge in [0.2, 0.25) is 0 Å². The predicted molar refractivity (Wildman–Crippen MR) is 87.1 cm³/mol. The van der Waals surface area contributed by atoms with Gasteiger partial charge in [0.25, 0.3) is 0 Å². The largest absolute Gasteiger partial charge is 0.308 e. The van der Waals surface area contributed by atoms with E-state index >= 15 is 0 Å². The Morgan fingerprint density at radius 3 is 2.40 bits per heavy atom. The summed E-state index contributed by atoms with van der Waals surface area (Å²) in [6.07, 6.45) is 1.95. The lowest BCUT2D eigenvalue weighted by atomic mass is 10.1. The molecule has 1 aromatic carbocycles. The zero-order chi connectivity index (χ0) is 14.5. The second-order valence-corrected chi connectivity index (χ2v) is 6.28. The number of benzene rings is 1. The topological polar surface area (TPSA) is 63.8 Å². The SMILES string of the molecule is CSc1nc(NN)cc(SCc2cc(C)cc(C)c2)n1. The van der Waals surface area contributed by atoms with Crippen molar-refractivity contribution in [3.05, 3.63) is 41.0 Å². The van der Waals surface area contributed by atoms with Gasteiger partial charge in [-0.05, 0) is 25.7 Å². The number of aryl methyl sites for hydroxylation is 2. The highest BCUT2D eigenvalue weighted by molar-refractivity contribution is 7.99. The molecule has 0 aliphatic carbocycles. The molecule has 0 bridgehead atoms. The predicted octanol–water partition coefficient (Wildman–Crippen LogP) is 3.39. The number of hydrazine groups is 1. The number of nitrogens with zero attached hydrogens (tertiary/aromatic N) is 2. The molecule has 1 aromatic heterocycles. The number of aromatic nitrogens is 2. The summed E-state index contributed by atoms with van der Waals surface area (Å²) in [4.78, 5) is 8.74. The van der Waals surface area contributed by atoms with Crippen molar-refractivity contribution in [2.75, 3.05) is 11.7 Å². The molecule has 0 radical (unpaired) electrons. The third-order valence-electron chi connectivity index (χ3n) is 2.68. The highest BCUT2D eigenvalue weighted by Crippen LogP contribution is 2.25. The summed E-state index contributed by atoms with van der Waals surface area (Å²) in [5.41, 5.74) is 6.46. The molecule has 4 nitrogen and oxygen atoms in total. The normalized spacial score (nSPS) is 10.6. The third kappa shape index (κ3) is 4.13. The second-order valence-electron chi connectivity index (χ2n) is 4.51.